The molecule has 0 aliphatic rings. The summed E-state index contributed by atoms with van der Waals surface area (Å²) >= 11 is 0. The molecule has 0 saturated heterocycles. The van der Waals surface area contributed by atoms with Gasteiger partial charge in [-0.05, 0) is 53.8 Å². The summed E-state index contributed by atoms with van der Waals surface area (Å²) in [6.07, 6.45) is 2.49. The SMILES string of the molecule is C[C@H](NC(=O)COc1ccc(/C=N\NC(=O)CN(c2cccc3ccccc23)S(C)(=O)=O)cc1)c1ccccc1. The molecule has 0 radical (unpaired) electrons. The number of fused-ring (bicyclic) bond motifs is 1. The lowest BCUT2D eigenvalue weighted by molar-refractivity contribution is -0.123. The van der Waals surface area contributed by atoms with E-state index in [-0.39, 0.29) is 18.6 Å². The highest BCUT2D eigenvalue weighted by Gasteiger charge is 2.22. The number of rotatable bonds is 11. The molecule has 0 unspecified atom stereocenters. The lowest BCUT2D eigenvalue weighted by atomic mass is 10.1. The van der Waals surface area contributed by atoms with E-state index in [9.17, 15) is 18.0 Å². The third-order valence-electron chi connectivity index (χ3n) is 6.05. The molecule has 0 aliphatic carbocycles. The number of amides is 2. The maximum Gasteiger partial charge on any atom is 0.260 e. The van der Waals surface area contributed by atoms with Crippen LogP contribution in [0.3, 0.4) is 0 Å². The summed E-state index contributed by atoms with van der Waals surface area (Å²) in [6.45, 7) is 1.35. The minimum atomic E-state index is -3.74. The molecule has 0 aromatic heterocycles. The number of benzene rings is 4. The molecule has 10 heteroatoms. The zero-order valence-electron chi connectivity index (χ0n) is 22.2. The predicted octanol–water partition coefficient (Wildman–Crippen LogP) is 4.01. The molecule has 2 N–H and O–H groups in total. The van der Waals surface area contributed by atoms with Gasteiger partial charge in [0.1, 0.15) is 12.3 Å². The van der Waals surface area contributed by atoms with Gasteiger partial charge in [0, 0.05) is 5.39 Å². The number of nitrogens with one attached hydrogen (secondary N) is 2. The summed E-state index contributed by atoms with van der Waals surface area (Å²) < 4.78 is 31.7. The second-order valence-corrected chi connectivity index (χ2v) is 11.0. The van der Waals surface area contributed by atoms with Crippen LogP contribution in [-0.4, -0.2) is 45.9 Å². The van der Waals surface area contributed by atoms with Crippen molar-refractivity contribution in [3.05, 3.63) is 108 Å². The molecule has 2 amide bonds. The first-order valence-corrected chi connectivity index (χ1v) is 14.4. The van der Waals surface area contributed by atoms with Crippen LogP contribution in [0.5, 0.6) is 5.75 Å². The van der Waals surface area contributed by atoms with Crippen molar-refractivity contribution in [3.63, 3.8) is 0 Å². The molecule has 4 aromatic carbocycles. The first-order valence-electron chi connectivity index (χ1n) is 12.6. The van der Waals surface area contributed by atoms with Crippen molar-refractivity contribution in [3.8, 4) is 5.75 Å². The van der Waals surface area contributed by atoms with E-state index in [1.807, 2.05) is 67.6 Å². The summed E-state index contributed by atoms with van der Waals surface area (Å²) in [7, 11) is -3.74. The quantitative estimate of drug-likeness (QED) is 0.213. The Bertz CT molecular complexity index is 1600. The Balaban J connectivity index is 1.29. The Morgan fingerprint density at radius 1 is 0.900 bits per heavy atom. The van der Waals surface area contributed by atoms with Gasteiger partial charge in [0.15, 0.2) is 6.61 Å². The standard InChI is InChI=1S/C30H30N4O5S/c1-22(24-9-4-3-5-10-24)32-30(36)21-39-26-17-15-23(16-18-26)19-31-33-29(35)20-34(40(2,37)38)28-14-8-12-25-11-6-7-13-27(25)28/h3-19,22H,20-21H2,1-2H3,(H,32,36)(H,33,35)/b31-19-/t22-/m0/s1. The molecule has 0 aliphatic heterocycles. The van der Waals surface area contributed by atoms with Crippen LogP contribution >= 0.6 is 0 Å². The normalized spacial score (nSPS) is 12.2. The fourth-order valence-corrected chi connectivity index (χ4v) is 4.93. The van der Waals surface area contributed by atoms with Crippen LogP contribution in [0.15, 0.2) is 102 Å². The van der Waals surface area contributed by atoms with Crippen LogP contribution in [0.1, 0.15) is 24.1 Å². The van der Waals surface area contributed by atoms with Crippen molar-refractivity contribution in [2.24, 2.45) is 5.10 Å². The van der Waals surface area contributed by atoms with Crippen molar-refractivity contribution in [2.45, 2.75) is 13.0 Å². The molecule has 0 spiro atoms. The van der Waals surface area contributed by atoms with Crippen molar-refractivity contribution in [1.82, 2.24) is 10.7 Å². The largest absolute Gasteiger partial charge is 0.484 e. The minimum Gasteiger partial charge on any atom is -0.484 e. The third-order valence-corrected chi connectivity index (χ3v) is 7.18. The van der Waals surface area contributed by atoms with Crippen LogP contribution in [0.2, 0.25) is 0 Å². The van der Waals surface area contributed by atoms with Crippen LogP contribution in [0, 0.1) is 0 Å². The van der Waals surface area contributed by atoms with Gasteiger partial charge in [-0.2, -0.15) is 5.10 Å². The van der Waals surface area contributed by atoms with E-state index < -0.39 is 22.5 Å². The van der Waals surface area contributed by atoms with Gasteiger partial charge < -0.3 is 10.1 Å². The number of anilines is 1. The maximum atomic E-state index is 12.6. The topological polar surface area (TPSA) is 117 Å². The van der Waals surface area contributed by atoms with Crippen LogP contribution in [-0.2, 0) is 19.6 Å². The van der Waals surface area contributed by atoms with E-state index in [1.54, 1.807) is 36.4 Å². The first kappa shape index (κ1) is 28.3. The fraction of sp³-hybridized carbons (Fsp3) is 0.167. The molecule has 0 fully saturated rings. The van der Waals surface area contributed by atoms with Gasteiger partial charge in [-0.15, -0.1) is 0 Å². The zero-order valence-corrected chi connectivity index (χ0v) is 23.0. The second kappa shape index (κ2) is 12.9. The molecular weight excluding hydrogens is 528 g/mol. The van der Waals surface area contributed by atoms with E-state index in [2.05, 4.69) is 15.8 Å². The van der Waals surface area contributed by atoms with Crippen molar-refractivity contribution >= 4 is 44.5 Å². The van der Waals surface area contributed by atoms with Gasteiger partial charge in [-0.25, -0.2) is 13.8 Å². The number of carbonyl (C=O) groups is 2. The second-order valence-electron chi connectivity index (χ2n) is 9.12. The predicted molar refractivity (Wildman–Crippen MR) is 157 cm³/mol. The molecule has 4 aromatic rings. The summed E-state index contributed by atoms with van der Waals surface area (Å²) in [4.78, 5) is 24.8. The van der Waals surface area contributed by atoms with Crippen molar-refractivity contribution in [1.29, 1.82) is 0 Å². The van der Waals surface area contributed by atoms with Gasteiger partial charge >= 0.3 is 0 Å². The third kappa shape index (κ3) is 7.67. The van der Waals surface area contributed by atoms with E-state index in [4.69, 9.17) is 4.74 Å². The number of hydrazone groups is 1. The van der Waals surface area contributed by atoms with Crippen LogP contribution in [0.4, 0.5) is 5.69 Å². The molecule has 0 heterocycles. The lowest BCUT2D eigenvalue weighted by Gasteiger charge is -2.23. The van der Waals surface area contributed by atoms with Crippen molar-refractivity contribution in [2.75, 3.05) is 23.7 Å². The summed E-state index contributed by atoms with van der Waals surface area (Å²) in [5.74, 6) is -0.329. The Morgan fingerprint density at radius 2 is 1.57 bits per heavy atom. The molecule has 1 atom stereocenters. The number of ether oxygens (including phenoxy) is 1. The Labute approximate surface area is 233 Å². The zero-order chi connectivity index (χ0) is 28.5. The number of hydrogen-bond acceptors (Lipinski definition) is 6. The van der Waals surface area contributed by atoms with Gasteiger partial charge in [0.2, 0.25) is 10.0 Å². The highest BCUT2D eigenvalue weighted by atomic mass is 32.2. The molecule has 9 nitrogen and oxygen atoms in total. The van der Waals surface area contributed by atoms with E-state index in [1.165, 1.54) is 6.21 Å². The van der Waals surface area contributed by atoms with Gasteiger partial charge in [0.05, 0.1) is 24.2 Å². The Morgan fingerprint density at radius 3 is 2.30 bits per heavy atom. The average Bonchev–Trinajstić information content (AvgIpc) is 2.95. The van der Waals surface area contributed by atoms with Crippen LogP contribution < -0.4 is 19.8 Å². The first-order chi connectivity index (χ1) is 19.2. The van der Waals surface area contributed by atoms with Gasteiger partial charge in [-0.1, -0.05) is 66.7 Å². The smallest absolute Gasteiger partial charge is 0.260 e. The molecule has 4 rings (SSSR count). The monoisotopic (exact) mass is 558 g/mol. The number of carbonyl (C=O) groups excluding carboxylic acids is 2. The van der Waals surface area contributed by atoms with E-state index in [0.717, 1.165) is 26.9 Å². The maximum absolute atomic E-state index is 12.6. The number of hydrogen-bond donors (Lipinski definition) is 2. The van der Waals surface area contributed by atoms with Gasteiger partial charge in [0.25, 0.3) is 11.8 Å². The lowest BCUT2D eigenvalue weighted by Crippen LogP contribution is -2.39. The van der Waals surface area contributed by atoms with Crippen LogP contribution in [0.25, 0.3) is 10.8 Å². The molecular formula is C30H30N4O5S. The molecule has 0 bridgehead atoms. The fourth-order valence-electron chi connectivity index (χ4n) is 4.06. The summed E-state index contributed by atoms with van der Waals surface area (Å²) in [5, 5.41) is 8.42. The van der Waals surface area contributed by atoms with Crippen molar-refractivity contribution < 1.29 is 22.7 Å². The average molecular weight is 559 g/mol. The summed E-state index contributed by atoms with van der Waals surface area (Å²) in [6, 6.07) is 29.0. The Hall–Kier alpha value is -4.70. The highest BCUT2D eigenvalue weighted by molar-refractivity contribution is 7.92. The number of nitrogens with zero attached hydrogens (tertiary/aromatic N) is 2. The highest BCUT2D eigenvalue weighted by Crippen LogP contribution is 2.28. The number of sulfonamides is 1. The van der Waals surface area contributed by atoms with E-state index in [0.29, 0.717) is 17.0 Å². The Kier molecular flexibility index (Phi) is 9.13. The minimum absolute atomic E-state index is 0.131. The molecule has 206 valence electrons. The van der Waals surface area contributed by atoms with E-state index >= 15 is 0 Å². The molecule has 40 heavy (non-hydrogen) atoms. The molecule has 0 saturated carbocycles. The van der Waals surface area contributed by atoms with Gasteiger partial charge in [-0.3, -0.25) is 13.9 Å². The summed E-state index contributed by atoms with van der Waals surface area (Å²) in [5.41, 5.74) is 4.47.